The van der Waals surface area contributed by atoms with Crippen LogP contribution in [-0.2, 0) is 16.1 Å². The van der Waals surface area contributed by atoms with Gasteiger partial charge in [0.05, 0.1) is 12.1 Å². The molecule has 0 radical (unpaired) electrons. The fourth-order valence-corrected chi connectivity index (χ4v) is 3.60. The lowest BCUT2D eigenvalue weighted by Gasteiger charge is -2.25. The van der Waals surface area contributed by atoms with Crippen molar-refractivity contribution >= 4 is 17.0 Å². The second-order valence-electron chi connectivity index (χ2n) is 7.10. The fourth-order valence-electron chi connectivity index (χ4n) is 3.60. The van der Waals surface area contributed by atoms with Gasteiger partial charge in [-0.25, -0.2) is 4.79 Å². The highest BCUT2D eigenvalue weighted by molar-refractivity contribution is 5.77. The number of amides is 1. The van der Waals surface area contributed by atoms with Crippen LogP contribution in [0.4, 0.5) is 0 Å². The number of hydrogen-bond acceptors (Lipinski definition) is 4. The van der Waals surface area contributed by atoms with Crippen LogP contribution in [0.3, 0.4) is 0 Å². The van der Waals surface area contributed by atoms with Crippen molar-refractivity contribution < 1.29 is 13.9 Å². The summed E-state index contributed by atoms with van der Waals surface area (Å²) in [5.74, 6) is 0.330. The Labute approximate surface area is 146 Å². The summed E-state index contributed by atoms with van der Waals surface area (Å²) < 4.78 is 12.3. The predicted octanol–water partition coefficient (Wildman–Crippen LogP) is 2.40. The van der Waals surface area contributed by atoms with Crippen LogP contribution >= 0.6 is 0 Å². The molecule has 0 bridgehead atoms. The van der Waals surface area contributed by atoms with E-state index in [9.17, 15) is 9.59 Å². The van der Waals surface area contributed by atoms with E-state index in [2.05, 4.69) is 4.90 Å². The number of benzene rings is 1. The van der Waals surface area contributed by atoms with Gasteiger partial charge in [0.15, 0.2) is 5.58 Å². The largest absolute Gasteiger partial charge is 0.419 e. The predicted molar refractivity (Wildman–Crippen MR) is 93.4 cm³/mol. The summed E-state index contributed by atoms with van der Waals surface area (Å²) in [5, 5.41) is 0. The second kappa shape index (κ2) is 7.04. The van der Waals surface area contributed by atoms with E-state index >= 15 is 0 Å². The highest BCUT2D eigenvalue weighted by atomic mass is 16.5. The average Bonchev–Trinajstić information content (AvgIpc) is 3.22. The second-order valence-corrected chi connectivity index (χ2v) is 7.10. The zero-order valence-corrected chi connectivity index (χ0v) is 14.4. The molecule has 1 aliphatic carbocycles. The molecule has 6 heteroatoms. The molecule has 2 aliphatic rings. The van der Waals surface area contributed by atoms with Crippen molar-refractivity contribution in [2.24, 2.45) is 5.92 Å². The van der Waals surface area contributed by atoms with Crippen molar-refractivity contribution in [1.82, 2.24) is 9.47 Å². The molecule has 2 aromatic rings. The number of carbonyl (C=O) groups excluding carboxylic acids is 1. The molecule has 134 valence electrons. The molecular formula is C19H24N2O4. The van der Waals surface area contributed by atoms with Crippen LogP contribution in [0.2, 0.25) is 0 Å². The first kappa shape index (κ1) is 16.4. The minimum Gasteiger partial charge on any atom is -0.408 e. The molecule has 1 saturated heterocycles. The van der Waals surface area contributed by atoms with Crippen molar-refractivity contribution in [2.75, 3.05) is 19.8 Å². The maximum absolute atomic E-state index is 12.7. The maximum Gasteiger partial charge on any atom is 0.419 e. The Morgan fingerprint density at radius 1 is 1.24 bits per heavy atom. The molecule has 2 heterocycles. The Kier molecular flexibility index (Phi) is 4.61. The molecule has 1 saturated carbocycles. The van der Waals surface area contributed by atoms with Crippen LogP contribution in [-0.4, -0.2) is 41.2 Å². The normalized spacial score (nSPS) is 20.2. The fraction of sp³-hybridized carbons (Fsp3) is 0.579. The number of oxazole rings is 1. The van der Waals surface area contributed by atoms with Crippen LogP contribution in [0.25, 0.3) is 11.1 Å². The standard InChI is InChI=1S/C19H24N2O4/c22-18(21(15-7-8-15)12-14-9-11-24-13-14)6-3-10-20-16-4-1-2-5-17(16)25-19(20)23/h1-2,4-5,14-15H,3,6-13H2/t14-/m1/s1. The molecule has 1 aliphatic heterocycles. The molecule has 1 amide bonds. The summed E-state index contributed by atoms with van der Waals surface area (Å²) in [4.78, 5) is 26.7. The monoisotopic (exact) mass is 344 g/mol. The first-order chi connectivity index (χ1) is 12.2. The molecule has 1 atom stereocenters. The summed E-state index contributed by atoms with van der Waals surface area (Å²) in [5.41, 5.74) is 1.39. The molecule has 0 N–H and O–H groups in total. The van der Waals surface area contributed by atoms with Gasteiger partial charge < -0.3 is 14.1 Å². The minimum absolute atomic E-state index is 0.204. The number of para-hydroxylation sites is 2. The first-order valence-electron chi connectivity index (χ1n) is 9.18. The third-order valence-corrected chi connectivity index (χ3v) is 5.13. The molecule has 1 aromatic heterocycles. The van der Waals surface area contributed by atoms with Gasteiger partial charge in [0.1, 0.15) is 0 Å². The van der Waals surface area contributed by atoms with Gasteiger partial charge in [-0.3, -0.25) is 9.36 Å². The molecule has 2 fully saturated rings. The van der Waals surface area contributed by atoms with E-state index in [4.69, 9.17) is 9.15 Å². The highest BCUT2D eigenvalue weighted by Gasteiger charge is 2.34. The average molecular weight is 344 g/mol. The topological polar surface area (TPSA) is 64.7 Å². The number of ether oxygens (including phenoxy) is 1. The number of rotatable bonds is 7. The smallest absolute Gasteiger partial charge is 0.408 e. The first-order valence-corrected chi connectivity index (χ1v) is 9.18. The Morgan fingerprint density at radius 2 is 2.08 bits per heavy atom. The van der Waals surface area contributed by atoms with Crippen LogP contribution in [0.5, 0.6) is 0 Å². The van der Waals surface area contributed by atoms with Crippen molar-refractivity contribution in [2.45, 2.75) is 44.7 Å². The third kappa shape index (κ3) is 3.63. The number of nitrogens with zero attached hydrogens (tertiary/aromatic N) is 2. The highest BCUT2D eigenvalue weighted by Crippen LogP contribution is 2.29. The van der Waals surface area contributed by atoms with Gasteiger partial charge in [0.2, 0.25) is 5.91 Å². The van der Waals surface area contributed by atoms with Crippen LogP contribution in [0.1, 0.15) is 32.1 Å². The maximum atomic E-state index is 12.7. The SMILES string of the molecule is O=C(CCCn1c(=O)oc2ccccc21)N(C[C@H]1CCOC1)C1CC1. The van der Waals surface area contributed by atoms with Crippen LogP contribution < -0.4 is 5.76 Å². The van der Waals surface area contributed by atoms with E-state index < -0.39 is 0 Å². The van der Waals surface area contributed by atoms with Crippen molar-refractivity contribution in [3.05, 3.63) is 34.8 Å². The van der Waals surface area contributed by atoms with Gasteiger partial charge >= 0.3 is 5.76 Å². The van der Waals surface area contributed by atoms with E-state index in [1.165, 1.54) is 0 Å². The zero-order chi connectivity index (χ0) is 17.2. The van der Waals surface area contributed by atoms with Crippen molar-refractivity contribution in [1.29, 1.82) is 0 Å². The zero-order valence-electron chi connectivity index (χ0n) is 14.4. The Bertz CT molecular complexity index is 799. The Hall–Kier alpha value is -2.08. The van der Waals surface area contributed by atoms with Gasteiger partial charge in [0, 0.05) is 38.1 Å². The third-order valence-electron chi connectivity index (χ3n) is 5.13. The van der Waals surface area contributed by atoms with E-state index in [-0.39, 0.29) is 11.7 Å². The van der Waals surface area contributed by atoms with E-state index in [1.54, 1.807) is 10.6 Å². The summed E-state index contributed by atoms with van der Waals surface area (Å²) in [6.07, 6.45) is 4.39. The van der Waals surface area contributed by atoms with Crippen molar-refractivity contribution in [3.8, 4) is 0 Å². The van der Waals surface area contributed by atoms with Crippen LogP contribution in [0.15, 0.2) is 33.5 Å². The van der Waals surface area contributed by atoms with Crippen LogP contribution in [0, 0.1) is 5.92 Å². The Morgan fingerprint density at radius 3 is 2.84 bits per heavy atom. The summed E-state index contributed by atoms with van der Waals surface area (Å²) in [7, 11) is 0. The summed E-state index contributed by atoms with van der Waals surface area (Å²) >= 11 is 0. The van der Waals surface area contributed by atoms with Crippen molar-refractivity contribution in [3.63, 3.8) is 0 Å². The molecule has 4 rings (SSSR count). The van der Waals surface area contributed by atoms with E-state index in [0.717, 1.165) is 44.5 Å². The number of hydrogen-bond donors (Lipinski definition) is 0. The molecule has 6 nitrogen and oxygen atoms in total. The van der Waals surface area contributed by atoms with E-state index in [1.807, 2.05) is 18.2 Å². The van der Waals surface area contributed by atoms with E-state index in [0.29, 0.717) is 36.9 Å². The quantitative estimate of drug-likeness (QED) is 0.774. The van der Waals surface area contributed by atoms with Gasteiger partial charge in [-0.2, -0.15) is 0 Å². The van der Waals surface area contributed by atoms with Gasteiger partial charge in [0.25, 0.3) is 0 Å². The lowest BCUT2D eigenvalue weighted by molar-refractivity contribution is -0.132. The molecular weight excluding hydrogens is 320 g/mol. The van der Waals surface area contributed by atoms with Gasteiger partial charge in [-0.1, -0.05) is 12.1 Å². The lowest BCUT2D eigenvalue weighted by Crippen LogP contribution is -2.37. The molecule has 1 aromatic carbocycles. The van der Waals surface area contributed by atoms with Gasteiger partial charge in [-0.05, 0) is 37.8 Å². The lowest BCUT2D eigenvalue weighted by atomic mass is 10.1. The number of aromatic nitrogens is 1. The molecule has 0 unspecified atom stereocenters. The summed E-state index contributed by atoms with van der Waals surface area (Å²) in [6, 6.07) is 7.82. The summed E-state index contributed by atoms with van der Waals surface area (Å²) in [6.45, 7) is 2.91. The minimum atomic E-state index is -0.351. The molecule has 0 spiro atoms. The number of fused-ring (bicyclic) bond motifs is 1. The number of carbonyl (C=O) groups is 1. The van der Waals surface area contributed by atoms with Gasteiger partial charge in [-0.15, -0.1) is 0 Å². The Balaban J connectivity index is 1.35. The molecule has 25 heavy (non-hydrogen) atoms. The number of aryl methyl sites for hydroxylation is 1.